The Bertz CT molecular complexity index is 617. The molecule has 1 unspecified atom stereocenters. The van der Waals surface area contributed by atoms with Gasteiger partial charge in [0.05, 0.1) is 12.0 Å². The summed E-state index contributed by atoms with van der Waals surface area (Å²) in [6.07, 6.45) is 0. The van der Waals surface area contributed by atoms with Crippen molar-refractivity contribution in [2.24, 2.45) is 0 Å². The van der Waals surface area contributed by atoms with Crippen LogP contribution >= 0.6 is 23.2 Å². The summed E-state index contributed by atoms with van der Waals surface area (Å²) >= 11 is 12.2. The highest BCUT2D eigenvalue weighted by Gasteiger charge is 2.18. The average Bonchev–Trinajstić information content (AvgIpc) is 2.34. The van der Waals surface area contributed by atoms with Crippen LogP contribution in [0.5, 0.6) is 0 Å². The molecule has 4 heteroatoms. The second-order valence-electron chi connectivity index (χ2n) is 3.86. The van der Waals surface area contributed by atoms with Gasteiger partial charge in [-0.15, -0.1) is 0 Å². The van der Waals surface area contributed by atoms with Crippen molar-refractivity contribution < 1.29 is 0 Å². The second-order valence-corrected chi connectivity index (χ2v) is 4.68. The first-order valence-corrected chi connectivity index (χ1v) is 6.08. The lowest BCUT2D eigenvalue weighted by Crippen LogP contribution is -2.00. The van der Waals surface area contributed by atoms with Gasteiger partial charge in [-0.05, 0) is 29.3 Å². The van der Waals surface area contributed by atoms with E-state index in [-0.39, 0.29) is 0 Å². The zero-order valence-electron chi connectivity index (χ0n) is 9.40. The molecule has 2 aromatic carbocycles. The Balaban J connectivity index is 2.54. The summed E-state index contributed by atoms with van der Waals surface area (Å²) in [5.74, 6) is -0.494. The number of hydrogen-bond acceptors (Lipinski definition) is 2. The van der Waals surface area contributed by atoms with Crippen molar-refractivity contribution in [1.29, 1.82) is 5.26 Å². The Hall–Kier alpha value is -1.69. The highest BCUT2D eigenvalue weighted by molar-refractivity contribution is 6.32. The van der Waals surface area contributed by atoms with Crippen molar-refractivity contribution in [3.8, 4) is 6.07 Å². The van der Waals surface area contributed by atoms with E-state index in [9.17, 15) is 5.26 Å². The maximum atomic E-state index is 9.35. The highest BCUT2D eigenvalue weighted by atomic mass is 35.5. The summed E-state index contributed by atoms with van der Waals surface area (Å²) in [7, 11) is 0. The number of anilines is 1. The number of hydrogen-bond donors (Lipinski definition) is 1. The standard InChI is InChI=1S/C14H10Cl2N2/c15-13-4-2-1-3-10(13)12(8-17)11-6-5-9(18)7-14(11)16/h1-7,12H,18H2. The van der Waals surface area contributed by atoms with Gasteiger partial charge in [0, 0.05) is 15.7 Å². The van der Waals surface area contributed by atoms with E-state index in [1.165, 1.54) is 0 Å². The molecule has 0 amide bonds. The topological polar surface area (TPSA) is 49.8 Å². The predicted molar refractivity (Wildman–Crippen MR) is 74.8 cm³/mol. The predicted octanol–water partition coefficient (Wildman–Crippen LogP) is 4.23. The van der Waals surface area contributed by atoms with Crippen LogP contribution in [0.4, 0.5) is 5.69 Å². The van der Waals surface area contributed by atoms with Gasteiger partial charge in [-0.2, -0.15) is 5.26 Å². The SMILES string of the molecule is N#CC(c1ccccc1Cl)c1ccc(N)cc1Cl. The summed E-state index contributed by atoms with van der Waals surface area (Å²) < 4.78 is 0. The third-order valence-corrected chi connectivity index (χ3v) is 3.35. The fraction of sp³-hybridized carbons (Fsp3) is 0.0714. The number of nitrogens with two attached hydrogens (primary N) is 1. The number of rotatable bonds is 2. The summed E-state index contributed by atoms with van der Waals surface area (Å²) in [5.41, 5.74) is 7.67. The quantitative estimate of drug-likeness (QED) is 0.835. The van der Waals surface area contributed by atoms with Gasteiger partial charge in [-0.1, -0.05) is 47.5 Å². The molecule has 0 bridgehead atoms. The van der Waals surface area contributed by atoms with Crippen molar-refractivity contribution >= 4 is 28.9 Å². The lowest BCUT2D eigenvalue weighted by molar-refractivity contribution is 1.04. The Kier molecular flexibility index (Phi) is 3.76. The molecule has 2 aromatic rings. The van der Waals surface area contributed by atoms with Crippen molar-refractivity contribution in [3.63, 3.8) is 0 Å². The van der Waals surface area contributed by atoms with Crippen LogP contribution in [0.1, 0.15) is 17.0 Å². The molecule has 90 valence electrons. The number of halogens is 2. The molecule has 2 N–H and O–H groups in total. The molecule has 0 aliphatic rings. The smallest absolute Gasteiger partial charge is 0.0991 e. The van der Waals surface area contributed by atoms with Crippen LogP contribution in [0, 0.1) is 11.3 Å². The van der Waals surface area contributed by atoms with Gasteiger partial charge in [-0.3, -0.25) is 0 Å². The van der Waals surface area contributed by atoms with Gasteiger partial charge >= 0.3 is 0 Å². The van der Waals surface area contributed by atoms with Gasteiger partial charge in [-0.25, -0.2) is 0 Å². The number of nitrogen functional groups attached to an aromatic ring is 1. The summed E-state index contributed by atoms with van der Waals surface area (Å²) in [5, 5.41) is 10.4. The first kappa shape index (κ1) is 12.8. The third-order valence-electron chi connectivity index (χ3n) is 2.68. The molecule has 0 saturated carbocycles. The Labute approximate surface area is 116 Å². The largest absolute Gasteiger partial charge is 0.399 e. The molecule has 1 atom stereocenters. The van der Waals surface area contributed by atoms with E-state index in [1.54, 1.807) is 24.3 Å². The van der Waals surface area contributed by atoms with Gasteiger partial charge in [0.25, 0.3) is 0 Å². The van der Waals surface area contributed by atoms with Crippen molar-refractivity contribution in [2.75, 3.05) is 5.73 Å². The maximum absolute atomic E-state index is 9.35. The molecule has 0 radical (unpaired) electrons. The van der Waals surface area contributed by atoms with Crippen LogP contribution in [-0.4, -0.2) is 0 Å². The van der Waals surface area contributed by atoms with Gasteiger partial charge < -0.3 is 5.73 Å². The van der Waals surface area contributed by atoms with Crippen molar-refractivity contribution in [1.82, 2.24) is 0 Å². The normalized spacial score (nSPS) is 11.8. The first-order valence-electron chi connectivity index (χ1n) is 5.32. The molecule has 0 fully saturated rings. The summed E-state index contributed by atoms with van der Waals surface area (Å²) in [4.78, 5) is 0. The maximum Gasteiger partial charge on any atom is 0.0991 e. The van der Waals surface area contributed by atoms with E-state index in [4.69, 9.17) is 28.9 Å². The van der Waals surface area contributed by atoms with E-state index >= 15 is 0 Å². The van der Waals surface area contributed by atoms with Gasteiger partial charge in [0.2, 0.25) is 0 Å². The molecule has 0 heterocycles. The molecule has 2 rings (SSSR count). The van der Waals surface area contributed by atoms with E-state index < -0.39 is 5.92 Å². The second kappa shape index (κ2) is 5.30. The van der Waals surface area contributed by atoms with Gasteiger partial charge in [0.15, 0.2) is 0 Å². The third kappa shape index (κ3) is 2.43. The minimum absolute atomic E-state index is 0.474. The van der Waals surface area contributed by atoms with Crippen molar-refractivity contribution in [2.45, 2.75) is 5.92 Å². The summed E-state index contributed by atoms with van der Waals surface area (Å²) in [6.45, 7) is 0. The lowest BCUT2D eigenvalue weighted by atomic mass is 9.92. The monoisotopic (exact) mass is 276 g/mol. The van der Waals surface area contributed by atoms with Crippen LogP contribution in [0.25, 0.3) is 0 Å². The Morgan fingerprint density at radius 3 is 2.28 bits per heavy atom. The Morgan fingerprint density at radius 2 is 1.67 bits per heavy atom. The molecular weight excluding hydrogens is 267 g/mol. The number of benzene rings is 2. The number of nitrogens with zero attached hydrogens (tertiary/aromatic N) is 1. The minimum atomic E-state index is -0.494. The average molecular weight is 277 g/mol. The van der Waals surface area contributed by atoms with E-state index in [0.717, 1.165) is 5.56 Å². The molecule has 2 nitrogen and oxygen atoms in total. The van der Waals surface area contributed by atoms with Crippen LogP contribution in [0.15, 0.2) is 42.5 Å². The molecule has 18 heavy (non-hydrogen) atoms. The van der Waals surface area contributed by atoms with Gasteiger partial charge in [0.1, 0.15) is 0 Å². The number of nitriles is 1. The minimum Gasteiger partial charge on any atom is -0.399 e. The fourth-order valence-corrected chi connectivity index (χ4v) is 2.34. The molecule has 0 aliphatic carbocycles. The first-order chi connectivity index (χ1) is 8.63. The van der Waals surface area contributed by atoms with Crippen LogP contribution in [0.2, 0.25) is 10.0 Å². The molecular formula is C14H10Cl2N2. The Morgan fingerprint density at radius 1 is 1.00 bits per heavy atom. The van der Waals surface area contributed by atoms with Crippen LogP contribution in [-0.2, 0) is 0 Å². The van der Waals surface area contributed by atoms with Crippen molar-refractivity contribution in [3.05, 3.63) is 63.6 Å². The molecule has 0 aliphatic heterocycles. The van der Waals surface area contributed by atoms with Crippen LogP contribution < -0.4 is 5.73 Å². The molecule has 0 aromatic heterocycles. The zero-order valence-corrected chi connectivity index (χ0v) is 10.9. The van der Waals surface area contributed by atoms with Crippen LogP contribution in [0.3, 0.4) is 0 Å². The summed E-state index contributed by atoms with van der Waals surface area (Å²) in [6, 6.07) is 14.6. The fourth-order valence-electron chi connectivity index (χ4n) is 1.79. The lowest BCUT2D eigenvalue weighted by Gasteiger charge is -2.13. The molecule has 0 spiro atoms. The zero-order chi connectivity index (χ0) is 13.1. The molecule has 0 saturated heterocycles. The van der Waals surface area contributed by atoms with E-state index in [2.05, 4.69) is 6.07 Å². The van der Waals surface area contributed by atoms with E-state index in [0.29, 0.717) is 21.3 Å². The van der Waals surface area contributed by atoms with E-state index in [1.807, 2.05) is 18.2 Å². The highest BCUT2D eigenvalue weighted by Crippen LogP contribution is 2.34.